The summed E-state index contributed by atoms with van der Waals surface area (Å²) in [5, 5.41) is 30.6. The maximum absolute atomic E-state index is 11.5. The molecule has 0 radical (unpaired) electrons. The number of amides is 1. The van der Waals surface area contributed by atoms with Gasteiger partial charge in [0.2, 0.25) is 5.91 Å². The van der Waals surface area contributed by atoms with Crippen molar-refractivity contribution in [3.05, 3.63) is 23.8 Å². The Morgan fingerprint density at radius 3 is 2.40 bits per heavy atom. The van der Waals surface area contributed by atoms with Gasteiger partial charge < -0.3 is 20.6 Å². The molecule has 0 bridgehead atoms. The van der Waals surface area contributed by atoms with Crippen molar-refractivity contribution in [1.82, 2.24) is 5.32 Å². The second-order valence-corrected chi connectivity index (χ2v) is 4.59. The molecular weight excluding hydrogens is 258 g/mol. The summed E-state index contributed by atoms with van der Waals surface area (Å²) in [5.41, 5.74) is 0.430. The maximum Gasteiger partial charge on any atom is 0.243 e. The van der Waals surface area contributed by atoms with Gasteiger partial charge >= 0.3 is 0 Å². The number of unbranched alkanes of at least 4 members (excludes halogenated alkanes) is 3. The molecule has 0 aliphatic carbocycles. The summed E-state index contributed by atoms with van der Waals surface area (Å²) in [5.74, 6) is -1.65. The zero-order chi connectivity index (χ0) is 15.0. The number of nitrogens with one attached hydrogen (secondary N) is 1. The van der Waals surface area contributed by atoms with Crippen molar-refractivity contribution < 1.29 is 20.1 Å². The van der Waals surface area contributed by atoms with Crippen LogP contribution in [0.4, 0.5) is 0 Å². The number of aromatic hydroxyl groups is 3. The summed E-state index contributed by atoms with van der Waals surface area (Å²) in [6.45, 7) is 2.76. The van der Waals surface area contributed by atoms with E-state index in [1.54, 1.807) is 0 Å². The average molecular weight is 279 g/mol. The van der Waals surface area contributed by atoms with Crippen LogP contribution < -0.4 is 5.32 Å². The largest absolute Gasteiger partial charge is 0.504 e. The summed E-state index contributed by atoms with van der Waals surface area (Å²) < 4.78 is 0. The maximum atomic E-state index is 11.5. The fourth-order valence-corrected chi connectivity index (χ4v) is 1.72. The Hall–Kier alpha value is -2.17. The molecular formula is C15H21NO4. The van der Waals surface area contributed by atoms with E-state index in [0.29, 0.717) is 12.1 Å². The first-order valence-electron chi connectivity index (χ1n) is 6.75. The second-order valence-electron chi connectivity index (χ2n) is 4.59. The highest BCUT2D eigenvalue weighted by Gasteiger charge is 2.06. The first-order valence-corrected chi connectivity index (χ1v) is 6.75. The molecule has 1 aromatic rings. The number of carbonyl (C=O) groups excluding carboxylic acids is 1. The minimum absolute atomic E-state index is 0.228. The van der Waals surface area contributed by atoms with Crippen molar-refractivity contribution in [2.24, 2.45) is 0 Å². The third kappa shape index (κ3) is 5.22. The van der Waals surface area contributed by atoms with Crippen LogP contribution in [0, 0.1) is 0 Å². The minimum atomic E-state index is -0.567. The SMILES string of the molecule is CCCCCCNC(=O)/C=C/c1cc(O)c(O)c(O)c1. The van der Waals surface area contributed by atoms with Crippen molar-refractivity contribution in [3.63, 3.8) is 0 Å². The molecule has 5 heteroatoms. The summed E-state index contributed by atoms with van der Waals surface area (Å²) in [6.07, 6.45) is 7.15. The highest BCUT2D eigenvalue weighted by atomic mass is 16.3. The Morgan fingerprint density at radius 1 is 1.15 bits per heavy atom. The molecule has 0 saturated carbocycles. The molecule has 1 rings (SSSR count). The van der Waals surface area contributed by atoms with Crippen LogP contribution in [-0.4, -0.2) is 27.8 Å². The standard InChI is InChI=1S/C15H21NO4/c1-2-3-4-5-8-16-14(19)7-6-11-9-12(17)15(20)13(18)10-11/h6-7,9-10,17-18,20H,2-5,8H2,1H3,(H,16,19)/b7-6+. The Kier molecular flexibility index (Phi) is 6.43. The van der Waals surface area contributed by atoms with Crippen molar-refractivity contribution in [2.75, 3.05) is 6.54 Å². The number of carbonyl (C=O) groups is 1. The van der Waals surface area contributed by atoms with E-state index in [4.69, 9.17) is 0 Å². The molecule has 0 fully saturated rings. The topological polar surface area (TPSA) is 89.8 Å². The number of hydrogen-bond acceptors (Lipinski definition) is 4. The molecule has 110 valence electrons. The van der Waals surface area contributed by atoms with E-state index < -0.39 is 17.2 Å². The van der Waals surface area contributed by atoms with Crippen LogP contribution in [0.25, 0.3) is 6.08 Å². The quantitative estimate of drug-likeness (QED) is 0.351. The van der Waals surface area contributed by atoms with Gasteiger partial charge in [0.15, 0.2) is 17.2 Å². The van der Waals surface area contributed by atoms with Gasteiger partial charge in [-0.1, -0.05) is 26.2 Å². The van der Waals surface area contributed by atoms with Gasteiger partial charge in [-0.25, -0.2) is 0 Å². The summed E-state index contributed by atoms with van der Waals surface area (Å²) in [7, 11) is 0. The van der Waals surface area contributed by atoms with Crippen LogP contribution >= 0.6 is 0 Å². The number of hydrogen-bond donors (Lipinski definition) is 4. The molecule has 1 aromatic carbocycles. The van der Waals surface area contributed by atoms with Gasteiger partial charge in [-0.05, 0) is 30.2 Å². The fourth-order valence-electron chi connectivity index (χ4n) is 1.72. The van der Waals surface area contributed by atoms with E-state index in [2.05, 4.69) is 12.2 Å². The van der Waals surface area contributed by atoms with E-state index in [1.165, 1.54) is 24.3 Å². The minimum Gasteiger partial charge on any atom is -0.504 e. The average Bonchev–Trinajstić information content (AvgIpc) is 2.42. The Morgan fingerprint density at radius 2 is 1.80 bits per heavy atom. The van der Waals surface area contributed by atoms with E-state index >= 15 is 0 Å². The highest BCUT2D eigenvalue weighted by Crippen LogP contribution is 2.35. The molecule has 0 spiro atoms. The lowest BCUT2D eigenvalue weighted by Crippen LogP contribution is -2.21. The zero-order valence-electron chi connectivity index (χ0n) is 11.6. The van der Waals surface area contributed by atoms with Gasteiger partial charge in [-0.2, -0.15) is 0 Å². The number of phenolic OH excluding ortho intramolecular Hbond substituents is 3. The summed E-state index contributed by atoms with van der Waals surface area (Å²) in [6, 6.07) is 2.53. The van der Waals surface area contributed by atoms with Gasteiger partial charge in [-0.15, -0.1) is 0 Å². The smallest absolute Gasteiger partial charge is 0.243 e. The molecule has 0 heterocycles. The third-order valence-corrected chi connectivity index (χ3v) is 2.85. The second kappa shape index (κ2) is 8.09. The predicted molar refractivity (Wildman–Crippen MR) is 77.6 cm³/mol. The molecule has 20 heavy (non-hydrogen) atoms. The molecule has 5 nitrogen and oxygen atoms in total. The van der Waals surface area contributed by atoms with Crippen LogP contribution in [0.5, 0.6) is 17.2 Å². The molecule has 0 atom stereocenters. The van der Waals surface area contributed by atoms with Gasteiger partial charge in [-0.3, -0.25) is 4.79 Å². The molecule has 0 aromatic heterocycles. The molecule has 1 amide bonds. The number of benzene rings is 1. The molecule has 0 saturated heterocycles. The molecule has 0 aliphatic rings. The summed E-state index contributed by atoms with van der Waals surface area (Å²) in [4.78, 5) is 11.5. The molecule has 4 N–H and O–H groups in total. The van der Waals surface area contributed by atoms with Crippen LogP contribution in [-0.2, 0) is 4.79 Å². The lowest BCUT2D eigenvalue weighted by atomic mass is 10.1. The number of phenols is 3. The van der Waals surface area contributed by atoms with Crippen molar-refractivity contribution in [2.45, 2.75) is 32.6 Å². The predicted octanol–water partition coefficient (Wildman–Crippen LogP) is 2.51. The Labute approximate surface area is 118 Å². The van der Waals surface area contributed by atoms with E-state index in [1.807, 2.05) is 0 Å². The number of rotatable bonds is 7. The lowest BCUT2D eigenvalue weighted by Gasteiger charge is -2.03. The van der Waals surface area contributed by atoms with E-state index in [9.17, 15) is 20.1 Å². The van der Waals surface area contributed by atoms with Gasteiger partial charge in [0.25, 0.3) is 0 Å². The molecule has 0 unspecified atom stereocenters. The first kappa shape index (κ1) is 15.9. The van der Waals surface area contributed by atoms with Crippen LogP contribution in [0.3, 0.4) is 0 Å². The van der Waals surface area contributed by atoms with E-state index in [-0.39, 0.29) is 5.91 Å². The van der Waals surface area contributed by atoms with E-state index in [0.717, 1.165) is 25.7 Å². The van der Waals surface area contributed by atoms with Gasteiger partial charge in [0.1, 0.15) is 0 Å². The van der Waals surface area contributed by atoms with Crippen molar-refractivity contribution in [1.29, 1.82) is 0 Å². The highest BCUT2D eigenvalue weighted by molar-refractivity contribution is 5.91. The first-order chi connectivity index (χ1) is 9.54. The zero-order valence-corrected chi connectivity index (χ0v) is 11.6. The fraction of sp³-hybridized carbons (Fsp3) is 0.400. The van der Waals surface area contributed by atoms with Crippen LogP contribution in [0.15, 0.2) is 18.2 Å². The van der Waals surface area contributed by atoms with Crippen molar-refractivity contribution >= 4 is 12.0 Å². The Balaban J connectivity index is 2.45. The monoisotopic (exact) mass is 279 g/mol. The van der Waals surface area contributed by atoms with Crippen LogP contribution in [0.1, 0.15) is 38.2 Å². The van der Waals surface area contributed by atoms with Gasteiger partial charge in [0, 0.05) is 12.6 Å². The summed E-state index contributed by atoms with van der Waals surface area (Å²) >= 11 is 0. The van der Waals surface area contributed by atoms with Crippen molar-refractivity contribution in [3.8, 4) is 17.2 Å². The van der Waals surface area contributed by atoms with Crippen LogP contribution in [0.2, 0.25) is 0 Å². The Bertz CT molecular complexity index is 460. The molecule has 0 aliphatic heterocycles. The third-order valence-electron chi connectivity index (χ3n) is 2.85. The van der Waals surface area contributed by atoms with Gasteiger partial charge in [0.05, 0.1) is 0 Å². The normalized spacial score (nSPS) is 10.8. The lowest BCUT2D eigenvalue weighted by molar-refractivity contribution is -0.116.